The molecule has 114 valence electrons. The molecule has 1 unspecified atom stereocenters. The predicted octanol–water partition coefficient (Wildman–Crippen LogP) is -1.34. The van der Waals surface area contributed by atoms with Gasteiger partial charge in [0.1, 0.15) is 12.2 Å². The summed E-state index contributed by atoms with van der Waals surface area (Å²) < 4.78 is 47.9. The molecule has 1 fully saturated rings. The number of alkyl halides is 1. The molecule has 2 heterocycles. The van der Waals surface area contributed by atoms with Crippen LogP contribution in [0.15, 0.2) is 15.8 Å². The monoisotopic (exact) mass is 304 g/mol. The minimum absolute atomic E-state index is 0.288. The smallest absolute Gasteiger partial charge is 0.330 e. The number of aliphatic hydroxyl groups excluding tert-OH is 1. The lowest BCUT2D eigenvalue weighted by Crippen LogP contribution is -2.45. The Labute approximate surface area is 119 Å². The van der Waals surface area contributed by atoms with Crippen LogP contribution in [0.3, 0.4) is 0 Å². The number of hydrogen-bond acceptors (Lipinski definition) is 5. The van der Waals surface area contributed by atoms with Gasteiger partial charge in [-0.25, -0.2) is 9.18 Å². The topological polar surface area (TPSA) is 105 Å². The van der Waals surface area contributed by atoms with Gasteiger partial charge in [0.25, 0.3) is 5.56 Å². The molecule has 1 saturated heterocycles. The summed E-state index contributed by atoms with van der Waals surface area (Å²) in [6.45, 7) is -1.95. The number of halogens is 2. The quantitative estimate of drug-likeness (QED) is 0.587. The largest absolute Gasteiger partial charge is 0.394 e. The zero-order valence-corrected chi connectivity index (χ0v) is 10.6. The maximum Gasteiger partial charge on any atom is 0.330 e. The lowest BCUT2D eigenvalue weighted by molar-refractivity contribution is -0.0547. The van der Waals surface area contributed by atoms with E-state index >= 15 is 4.39 Å². The van der Waals surface area contributed by atoms with E-state index < -0.39 is 47.7 Å². The molecule has 7 nitrogen and oxygen atoms in total. The maximum atomic E-state index is 15.0. The SMILES string of the molecule is [2H]C([2H])(O)[C@H]1O[C@@H](n2cc(F)c(=O)[nH]c2=O)C(F)(C#CC)[C@H]1O. The van der Waals surface area contributed by atoms with Gasteiger partial charge in [0.05, 0.1) is 15.5 Å². The number of aliphatic hydroxyl groups is 2. The molecular weight excluding hydrogens is 290 g/mol. The lowest BCUT2D eigenvalue weighted by Gasteiger charge is -2.23. The van der Waals surface area contributed by atoms with Gasteiger partial charge >= 0.3 is 5.69 Å². The van der Waals surface area contributed by atoms with Crippen molar-refractivity contribution < 1.29 is 26.5 Å². The zero-order valence-electron chi connectivity index (χ0n) is 12.6. The molecule has 1 aliphatic rings. The van der Waals surface area contributed by atoms with Gasteiger partial charge in [-0.05, 0) is 6.92 Å². The number of rotatable bonds is 2. The van der Waals surface area contributed by atoms with Gasteiger partial charge in [0.2, 0.25) is 11.5 Å². The Morgan fingerprint density at radius 3 is 2.90 bits per heavy atom. The minimum atomic E-state index is -3.16. The van der Waals surface area contributed by atoms with Crippen molar-refractivity contribution in [2.45, 2.75) is 31.0 Å². The first-order valence-electron chi connectivity index (χ1n) is 6.72. The highest BCUT2D eigenvalue weighted by Gasteiger charge is 2.57. The van der Waals surface area contributed by atoms with Crippen molar-refractivity contribution in [1.29, 1.82) is 0 Å². The summed E-state index contributed by atoms with van der Waals surface area (Å²) >= 11 is 0. The second kappa shape index (κ2) is 5.40. The molecule has 0 aliphatic carbocycles. The summed E-state index contributed by atoms with van der Waals surface area (Å²) in [6, 6.07) is 0. The molecule has 0 saturated carbocycles. The number of aromatic amines is 1. The first-order valence-corrected chi connectivity index (χ1v) is 5.72. The van der Waals surface area contributed by atoms with Gasteiger partial charge < -0.3 is 14.9 Å². The fraction of sp³-hybridized carbons (Fsp3) is 0.500. The fourth-order valence-corrected chi connectivity index (χ4v) is 2.01. The lowest BCUT2D eigenvalue weighted by atomic mass is 9.96. The summed E-state index contributed by atoms with van der Waals surface area (Å²) in [7, 11) is 0. The Morgan fingerprint density at radius 2 is 2.33 bits per heavy atom. The second-order valence-corrected chi connectivity index (χ2v) is 4.27. The molecule has 1 aromatic heterocycles. The molecule has 1 aliphatic heterocycles. The molecule has 0 spiro atoms. The molecule has 0 amide bonds. The summed E-state index contributed by atoms with van der Waals surface area (Å²) in [5.74, 6) is 2.66. The van der Waals surface area contributed by atoms with Crippen LogP contribution in [0.2, 0.25) is 0 Å². The third kappa shape index (κ3) is 2.37. The van der Waals surface area contributed by atoms with Crippen LogP contribution >= 0.6 is 0 Å². The van der Waals surface area contributed by atoms with E-state index in [1.165, 1.54) is 6.92 Å². The number of H-pyrrole nitrogens is 1. The highest BCUT2D eigenvalue weighted by molar-refractivity contribution is 5.22. The highest BCUT2D eigenvalue weighted by atomic mass is 19.1. The van der Waals surface area contributed by atoms with Crippen LogP contribution in [0, 0.1) is 17.7 Å². The molecule has 2 rings (SSSR count). The Kier molecular flexibility index (Phi) is 3.27. The van der Waals surface area contributed by atoms with E-state index in [2.05, 4.69) is 5.92 Å². The second-order valence-electron chi connectivity index (χ2n) is 4.27. The Balaban J connectivity index is 2.64. The van der Waals surface area contributed by atoms with Crippen molar-refractivity contribution in [3.05, 3.63) is 32.9 Å². The van der Waals surface area contributed by atoms with Gasteiger partial charge in [-0.1, -0.05) is 5.92 Å². The zero-order chi connectivity index (χ0) is 17.6. The van der Waals surface area contributed by atoms with Crippen molar-refractivity contribution in [1.82, 2.24) is 9.55 Å². The summed E-state index contributed by atoms with van der Waals surface area (Å²) in [6.07, 6.45) is -6.11. The molecule has 9 heteroatoms. The predicted molar refractivity (Wildman–Crippen MR) is 65.6 cm³/mol. The molecular formula is C12H12F2N2O5. The van der Waals surface area contributed by atoms with Crippen molar-refractivity contribution in [2.24, 2.45) is 0 Å². The highest BCUT2D eigenvalue weighted by Crippen LogP contribution is 2.40. The number of ether oxygens (including phenoxy) is 1. The summed E-state index contributed by atoms with van der Waals surface area (Å²) in [4.78, 5) is 24.3. The van der Waals surface area contributed by atoms with E-state index in [0.717, 1.165) is 0 Å². The molecule has 0 radical (unpaired) electrons. The van der Waals surface area contributed by atoms with E-state index in [0.29, 0.717) is 6.20 Å². The van der Waals surface area contributed by atoms with E-state index in [9.17, 15) is 24.2 Å². The van der Waals surface area contributed by atoms with Gasteiger partial charge in [0.15, 0.2) is 6.23 Å². The molecule has 21 heavy (non-hydrogen) atoms. The Hall–Kier alpha value is -2.02. The molecule has 3 N–H and O–H groups in total. The van der Waals surface area contributed by atoms with Crippen LogP contribution < -0.4 is 11.2 Å². The Bertz CT molecular complexity index is 794. The number of nitrogens with zero attached hydrogens (tertiary/aromatic N) is 1. The number of nitrogens with one attached hydrogen (secondary N) is 1. The van der Waals surface area contributed by atoms with Crippen LogP contribution in [0.5, 0.6) is 0 Å². The minimum Gasteiger partial charge on any atom is -0.394 e. The first-order chi connectivity index (χ1) is 10.5. The van der Waals surface area contributed by atoms with Crippen molar-refractivity contribution in [2.75, 3.05) is 6.56 Å². The fourth-order valence-electron chi connectivity index (χ4n) is 2.01. The van der Waals surface area contributed by atoms with Crippen molar-refractivity contribution >= 4 is 0 Å². The number of hydrogen-bond donors (Lipinski definition) is 3. The van der Waals surface area contributed by atoms with Gasteiger partial charge in [-0.15, -0.1) is 5.92 Å². The van der Waals surface area contributed by atoms with E-state index in [4.69, 9.17) is 7.48 Å². The van der Waals surface area contributed by atoms with Gasteiger partial charge in [0, 0.05) is 0 Å². The average Bonchev–Trinajstić information content (AvgIpc) is 2.67. The van der Waals surface area contributed by atoms with Crippen LogP contribution in [0.25, 0.3) is 0 Å². The van der Waals surface area contributed by atoms with Gasteiger partial charge in [-0.2, -0.15) is 4.39 Å². The first kappa shape index (κ1) is 12.7. The Morgan fingerprint density at radius 1 is 1.67 bits per heavy atom. The van der Waals surface area contributed by atoms with Gasteiger partial charge in [-0.3, -0.25) is 14.3 Å². The van der Waals surface area contributed by atoms with E-state index in [1.807, 2.05) is 5.92 Å². The third-order valence-corrected chi connectivity index (χ3v) is 2.97. The summed E-state index contributed by atoms with van der Waals surface area (Å²) in [5, 5.41) is 19.3. The molecule has 1 aromatic rings. The molecule has 4 atom stereocenters. The van der Waals surface area contributed by atoms with Crippen LogP contribution in [-0.2, 0) is 4.74 Å². The number of aromatic nitrogens is 2. The van der Waals surface area contributed by atoms with Crippen molar-refractivity contribution in [3.8, 4) is 11.8 Å². The third-order valence-electron chi connectivity index (χ3n) is 2.97. The molecule has 0 bridgehead atoms. The van der Waals surface area contributed by atoms with Crippen LogP contribution in [0.4, 0.5) is 8.78 Å². The van der Waals surface area contributed by atoms with E-state index in [-0.39, 0.29) is 4.57 Å². The van der Waals surface area contributed by atoms with Crippen LogP contribution in [-0.4, -0.2) is 44.2 Å². The van der Waals surface area contributed by atoms with E-state index in [1.54, 1.807) is 4.98 Å². The van der Waals surface area contributed by atoms with Crippen molar-refractivity contribution in [3.63, 3.8) is 0 Å². The maximum absolute atomic E-state index is 15.0. The standard InChI is InChI=1S/C12H12F2N2O5/c1-2-3-12(14)8(18)7(5-17)21-10(12)16-4-6(13)9(19)15-11(16)20/h4,7-8,10,17-18H,5H2,1H3,(H,15,19,20)/t7-,8+,10-,12?/m1/s1/i5D2. The normalized spacial score (nSPS) is 33.9. The summed E-state index contributed by atoms with van der Waals surface area (Å²) in [5.41, 5.74) is -5.62. The average molecular weight is 304 g/mol. The van der Waals surface area contributed by atoms with Crippen LogP contribution in [0.1, 0.15) is 15.9 Å². The molecule has 0 aromatic carbocycles.